The minimum atomic E-state index is -3.79. The lowest BCUT2D eigenvalue weighted by Gasteiger charge is -2.27. The lowest BCUT2D eigenvalue weighted by molar-refractivity contribution is -0.129. The predicted octanol–water partition coefficient (Wildman–Crippen LogP) is 2.60. The molecule has 3 aromatic rings. The number of carbonyl (C=O) groups excluding carboxylic acids is 1. The Labute approximate surface area is 203 Å². The largest absolute Gasteiger partial charge is 0.497 e. The van der Waals surface area contributed by atoms with Crippen molar-refractivity contribution >= 4 is 22.0 Å². The number of likely N-dealkylation sites (N-methyl/N-ethyl adjacent to an activating group) is 1. The summed E-state index contributed by atoms with van der Waals surface area (Å²) in [6.45, 7) is 0. The molecule has 0 saturated carbocycles. The maximum absolute atomic E-state index is 13.6. The molecule has 0 aromatic heterocycles. The summed E-state index contributed by atoms with van der Waals surface area (Å²) in [5.74, 6) is 0.198. The normalized spacial score (nSPS) is 17.6. The van der Waals surface area contributed by atoms with Crippen LogP contribution >= 0.6 is 0 Å². The number of rotatable bonds is 6. The number of methoxy groups -OCH3 is 1. The van der Waals surface area contributed by atoms with Gasteiger partial charge in [0.1, 0.15) is 11.5 Å². The molecule has 0 radical (unpaired) electrons. The van der Waals surface area contributed by atoms with E-state index in [2.05, 4.69) is 11.1 Å². The van der Waals surface area contributed by atoms with Crippen LogP contribution < -0.4 is 14.7 Å². The van der Waals surface area contributed by atoms with Gasteiger partial charge in [-0.3, -0.25) is 9.69 Å². The van der Waals surface area contributed by atoms with E-state index >= 15 is 0 Å². The highest BCUT2D eigenvalue weighted by atomic mass is 32.2. The van der Waals surface area contributed by atoms with Crippen molar-refractivity contribution in [1.29, 1.82) is 5.26 Å². The van der Waals surface area contributed by atoms with Crippen molar-refractivity contribution in [1.82, 2.24) is 4.90 Å². The van der Waals surface area contributed by atoms with Crippen LogP contribution in [0.1, 0.15) is 16.7 Å². The minimum Gasteiger partial charge on any atom is -0.497 e. The van der Waals surface area contributed by atoms with E-state index in [4.69, 9.17) is 14.7 Å². The van der Waals surface area contributed by atoms with Crippen LogP contribution in [0.4, 0.5) is 0 Å². The van der Waals surface area contributed by atoms with E-state index in [1.807, 2.05) is 6.07 Å². The van der Waals surface area contributed by atoms with Crippen molar-refractivity contribution in [2.24, 2.45) is 10.7 Å². The molecule has 0 saturated heterocycles. The Morgan fingerprint density at radius 1 is 1.03 bits per heavy atom. The Kier molecular flexibility index (Phi) is 5.96. The Balaban J connectivity index is 1.95. The van der Waals surface area contributed by atoms with Gasteiger partial charge < -0.3 is 14.7 Å². The van der Waals surface area contributed by atoms with E-state index in [9.17, 15) is 18.5 Å². The summed E-state index contributed by atoms with van der Waals surface area (Å²) in [5, 5.41) is 9.63. The highest BCUT2D eigenvalue weighted by Crippen LogP contribution is 2.42. The maximum atomic E-state index is 13.6. The number of carbonyl (C=O) groups is 1. The summed E-state index contributed by atoms with van der Waals surface area (Å²) in [7, 11) is -0.745. The van der Waals surface area contributed by atoms with Gasteiger partial charge in [0, 0.05) is 12.6 Å². The van der Waals surface area contributed by atoms with Crippen molar-refractivity contribution in [2.45, 2.75) is 5.54 Å². The van der Waals surface area contributed by atoms with Crippen LogP contribution in [0.15, 0.2) is 71.7 Å². The summed E-state index contributed by atoms with van der Waals surface area (Å²) in [4.78, 5) is 19.4. The third-order valence-electron chi connectivity index (χ3n) is 5.68. The standard InChI is InChI=1S/C25H22N4O5S/c1-29-23(30)25(28-24(29)27,19-8-5-9-21(13-19)34-35(3,31)32)18-7-4-6-16(12-18)22-14-20(33-2)11-10-17(22)15-26/h4-14H,1-3H3,(H2,27,28). The van der Waals surface area contributed by atoms with Crippen LogP contribution in [0.25, 0.3) is 11.1 Å². The minimum absolute atomic E-state index is 0.00827. The summed E-state index contributed by atoms with van der Waals surface area (Å²) in [5.41, 5.74) is 7.04. The Morgan fingerprint density at radius 3 is 2.31 bits per heavy atom. The predicted molar refractivity (Wildman–Crippen MR) is 130 cm³/mol. The molecule has 2 N–H and O–H groups in total. The monoisotopic (exact) mass is 490 g/mol. The van der Waals surface area contributed by atoms with Gasteiger partial charge in [-0.25, -0.2) is 4.99 Å². The first-order valence-electron chi connectivity index (χ1n) is 10.4. The fourth-order valence-electron chi connectivity index (χ4n) is 4.03. The van der Waals surface area contributed by atoms with E-state index in [1.54, 1.807) is 48.5 Å². The fourth-order valence-corrected chi connectivity index (χ4v) is 4.48. The average Bonchev–Trinajstić information content (AvgIpc) is 3.07. The number of hydrogen-bond acceptors (Lipinski definition) is 8. The maximum Gasteiger partial charge on any atom is 0.306 e. The van der Waals surface area contributed by atoms with Gasteiger partial charge in [-0.05, 0) is 53.1 Å². The number of benzene rings is 3. The van der Waals surface area contributed by atoms with E-state index in [-0.39, 0.29) is 11.7 Å². The van der Waals surface area contributed by atoms with Crippen molar-refractivity contribution in [2.75, 3.05) is 20.4 Å². The Bertz CT molecular complexity index is 1510. The smallest absolute Gasteiger partial charge is 0.306 e. The second kappa shape index (κ2) is 8.77. The van der Waals surface area contributed by atoms with Crippen molar-refractivity contribution < 1.29 is 22.1 Å². The number of nitrogens with two attached hydrogens (primary N) is 1. The Hall–Kier alpha value is -4.36. The molecule has 4 rings (SSSR count). The van der Waals surface area contributed by atoms with Crippen LogP contribution in [0.5, 0.6) is 11.5 Å². The molecule has 0 aliphatic carbocycles. The molecular formula is C25H22N4O5S. The number of aliphatic imine (C=N–C) groups is 1. The van der Waals surface area contributed by atoms with Crippen molar-refractivity contribution in [3.05, 3.63) is 83.4 Å². The first-order chi connectivity index (χ1) is 16.6. The second-order valence-corrected chi connectivity index (χ2v) is 9.54. The number of ether oxygens (including phenoxy) is 1. The molecular weight excluding hydrogens is 468 g/mol. The van der Waals surface area contributed by atoms with Gasteiger partial charge in [0.15, 0.2) is 11.5 Å². The highest BCUT2D eigenvalue weighted by Gasteiger charge is 2.49. The van der Waals surface area contributed by atoms with Crippen LogP contribution in [-0.4, -0.2) is 45.6 Å². The van der Waals surface area contributed by atoms with E-state index in [1.165, 1.54) is 31.2 Å². The number of hydrogen-bond donors (Lipinski definition) is 1. The molecule has 1 unspecified atom stereocenters. The molecule has 1 aliphatic heterocycles. The quantitative estimate of drug-likeness (QED) is 0.525. The molecule has 0 spiro atoms. The van der Waals surface area contributed by atoms with Crippen LogP contribution in [0, 0.1) is 11.3 Å². The zero-order chi connectivity index (χ0) is 25.4. The molecule has 1 atom stereocenters. The first-order valence-corrected chi connectivity index (χ1v) is 12.2. The average molecular weight is 491 g/mol. The molecule has 10 heteroatoms. The molecule has 0 fully saturated rings. The number of amides is 1. The fraction of sp³-hybridized carbons (Fsp3) is 0.160. The molecule has 1 amide bonds. The van der Waals surface area contributed by atoms with Gasteiger partial charge in [0.25, 0.3) is 5.91 Å². The molecule has 9 nitrogen and oxygen atoms in total. The lowest BCUT2D eigenvalue weighted by Crippen LogP contribution is -2.41. The zero-order valence-corrected chi connectivity index (χ0v) is 20.0. The summed E-state index contributed by atoms with van der Waals surface area (Å²) >= 11 is 0. The molecule has 35 heavy (non-hydrogen) atoms. The molecule has 0 bridgehead atoms. The first kappa shape index (κ1) is 23.8. The number of nitrogens with zero attached hydrogens (tertiary/aromatic N) is 3. The molecule has 1 aliphatic rings. The van der Waals surface area contributed by atoms with Crippen molar-refractivity contribution in [3.63, 3.8) is 0 Å². The van der Waals surface area contributed by atoms with Gasteiger partial charge in [0.2, 0.25) is 0 Å². The van der Waals surface area contributed by atoms with E-state index < -0.39 is 21.6 Å². The van der Waals surface area contributed by atoms with Crippen LogP contribution in [0.3, 0.4) is 0 Å². The van der Waals surface area contributed by atoms with Gasteiger partial charge in [-0.1, -0.05) is 30.3 Å². The van der Waals surface area contributed by atoms with Crippen LogP contribution in [0.2, 0.25) is 0 Å². The highest BCUT2D eigenvalue weighted by molar-refractivity contribution is 7.86. The third kappa shape index (κ3) is 4.29. The molecule has 3 aromatic carbocycles. The van der Waals surface area contributed by atoms with Gasteiger partial charge in [-0.15, -0.1) is 0 Å². The molecule has 178 valence electrons. The van der Waals surface area contributed by atoms with E-state index in [0.29, 0.717) is 33.6 Å². The van der Waals surface area contributed by atoms with Crippen molar-refractivity contribution in [3.8, 4) is 28.7 Å². The second-order valence-electron chi connectivity index (χ2n) is 7.96. The SMILES string of the molecule is COc1ccc(C#N)c(-c2cccc(C3(c4cccc(OS(C)(=O)=O)c4)N=C(N)N(C)C3=O)c2)c1. The molecule has 1 heterocycles. The van der Waals surface area contributed by atoms with Gasteiger partial charge in [-0.2, -0.15) is 13.7 Å². The summed E-state index contributed by atoms with van der Waals surface area (Å²) in [6.07, 6.45) is 0.935. The zero-order valence-electron chi connectivity index (χ0n) is 19.2. The summed E-state index contributed by atoms with van der Waals surface area (Å²) in [6, 6.07) is 20.5. The number of nitriles is 1. The Morgan fingerprint density at radius 2 is 1.71 bits per heavy atom. The summed E-state index contributed by atoms with van der Waals surface area (Å²) < 4.78 is 33.7. The lowest BCUT2D eigenvalue weighted by atomic mass is 9.81. The van der Waals surface area contributed by atoms with E-state index in [0.717, 1.165) is 6.26 Å². The van der Waals surface area contributed by atoms with Gasteiger partial charge in [0.05, 0.1) is 25.0 Å². The van der Waals surface area contributed by atoms with Crippen LogP contribution in [-0.2, 0) is 20.5 Å². The number of guanidine groups is 1. The third-order valence-corrected chi connectivity index (χ3v) is 6.17. The topological polar surface area (TPSA) is 135 Å². The van der Waals surface area contributed by atoms with Gasteiger partial charge >= 0.3 is 10.1 Å².